The number of rotatable bonds is 5. The maximum Gasteiger partial charge on any atom is 0.313 e. The summed E-state index contributed by atoms with van der Waals surface area (Å²) in [6.45, 7) is 0.793. The van der Waals surface area contributed by atoms with Gasteiger partial charge in [0.2, 0.25) is 5.91 Å². The average molecular weight is 383 g/mol. The Morgan fingerprint density at radius 3 is 2.43 bits per heavy atom. The molecule has 150 valence electrons. The van der Waals surface area contributed by atoms with Gasteiger partial charge in [-0.05, 0) is 62.1 Å². The van der Waals surface area contributed by atoms with Crippen LogP contribution in [0.1, 0.15) is 69.8 Å². The molecule has 1 aliphatic carbocycles. The largest absolute Gasteiger partial charge is 0.458 e. The Balaban J connectivity index is 1.46. The van der Waals surface area contributed by atoms with Crippen molar-refractivity contribution in [2.45, 2.75) is 76.2 Å². The van der Waals surface area contributed by atoms with Gasteiger partial charge in [0.25, 0.3) is 0 Å². The van der Waals surface area contributed by atoms with Gasteiger partial charge < -0.3 is 9.64 Å². The van der Waals surface area contributed by atoms with Gasteiger partial charge in [0.1, 0.15) is 17.8 Å². The highest BCUT2D eigenvalue weighted by atomic mass is 16.6. The molecule has 2 heterocycles. The molecule has 3 aliphatic rings. The summed E-state index contributed by atoms with van der Waals surface area (Å²) >= 11 is 0. The van der Waals surface area contributed by atoms with Crippen LogP contribution in [-0.2, 0) is 25.5 Å². The molecule has 1 unspecified atom stereocenters. The number of ketones is 1. The standard InChI is InChI=1S/C23H29NO4/c25-20-15-22(27)28-23(16-20,18-5-1-2-6-18)13-12-17-8-10-19(11-9-17)24-14-4-3-7-21(24)26/h8-11,18H,1-7,12-16H2. The smallest absolute Gasteiger partial charge is 0.313 e. The van der Waals surface area contributed by atoms with Crippen molar-refractivity contribution in [2.24, 2.45) is 5.92 Å². The highest BCUT2D eigenvalue weighted by Crippen LogP contribution is 2.43. The topological polar surface area (TPSA) is 63.7 Å². The molecule has 4 rings (SSSR count). The monoisotopic (exact) mass is 383 g/mol. The second-order valence-corrected chi connectivity index (χ2v) is 8.58. The van der Waals surface area contributed by atoms with E-state index >= 15 is 0 Å². The molecule has 1 aromatic rings. The molecule has 1 saturated carbocycles. The summed E-state index contributed by atoms with van der Waals surface area (Å²) < 4.78 is 5.87. The van der Waals surface area contributed by atoms with Crippen molar-refractivity contribution >= 4 is 23.3 Å². The van der Waals surface area contributed by atoms with Crippen molar-refractivity contribution < 1.29 is 19.1 Å². The number of cyclic esters (lactones) is 1. The van der Waals surface area contributed by atoms with Gasteiger partial charge in [-0.1, -0.05) is 25.0 Å². The maximum absolute atomic E-state index is 12.2. The van der Waals surface area contributed by atoms with Crippen LogP contribution < -0.4 is 4.90 Å². The van der Waals surface area contributed by atoms with E-state index in [2.05, 4.69) is 12.1 Å². The fraction of sp³-hybridized carbons (Fsp3) is 0.609. The first-order valence-corrected chi connectivity index (χ1v) is 10.7. The molecule has 0 radical (unpaired) electrons. The fourth-order valence-corrected chi connectivity index (χ4v) is 5.16. The molecule has 2 saturated heterocycles. The molecule has 1 atom stereocenters. The van der Waals surface area contributed by atoms with E-state index in [1.165, 1.54) is 0 Å². The number of amides is 1. The fourth-order valence-electron chi connectivity index (χ4n) is 5.16. The molecular weight excluding hydrogens is 354 g/mol. The summed E-state index contributed by atoms with van der Waals surface area (Å²) in [5.41, 5.74) is 1.49. The van der Waals surface area contributed by atoms with Crippen molar-refractivity contribution in [3.05, 3.63) is 29.8 Å². The summed E-state index contributed by atoms with van der Waals surface area (Å²) in [6.07, 6.45) is 8.79. The Morgan fingerprint density at radius 1 is 1.00 bits per heavy atom. The minimum absolute atomic E-state index is 0.0158. The molecule has 0 bridgehead atoms. The third-order valence-corrected chi connectivity index (χ3v) is 6.66. The highest BCUT2D eigenvalue weighted by Gasteiger charge is 2.47. The normalized spacial score (nSPS) is 26.6. The summed E-state index contributed by atoms with van der Waals surface area (Å²) in [7, 11) is 0. The second-order valence-electron chi connectivity index (χ2n) is 8.58. The zero-order valence-electron chi connectivity index (χ0n) is 16.5. The van der Waals surface area contributed by atoms with Crippen molar-refractivity contribution in [1.82, 2.24) is 0 Å². The molecule has 0 spiro atoms. The molecule has 3 fully saturated rings. The van der Waals surface area contributed by atoms with Crippen LogP contribution in [0.2, 0.25) is 0 Å². The predicted molar refractivity (Wildman–Crippen MR) is 106 cm³/mol. The molecule has 28 heavy (non-hydrogen) atoms. The lowest BCUT2D eigenvalue weighted by Gasteiger charge is -2.41. The van der Waals surface area contributed by atoms with Crippen LogP contribution in [0.3, 0.4) is 0 Å². The van der Waals surface area contributed by atoms with Crippen molar-refractivity contribution in [3.8, 4) is 0 Å². The van der Waals surface area contributed by atoms with Gasteiger partial charge in [-0.3, -0.25) is 14.4 Å². The van der Waals surface area contributed by atoms with E-state index in [0.717, 1.165) is 62.7 Å². The summed E-state index contributed by atoms with van der Waals surface area (Å²) in [4.78, 5) is 38.2. The molecule has 0 aromatic heterocycles. The second kappa shape index (κ2) is 8.06. The Hall–Kier alpha value is -2.17. The summed E-state index contributed by atoms with van der Waals surface area (Å²) in [5.74, 6) is 0.155. The number of ether oxygens (including phenoxy) is 1. The van der Waals surface area contributed by atoms with Crippen LogP contribution in [-0.4, -0.2) is 29.8 Å². The number of aryl methyl sites for hydroxylation is 1. The van der Waals surface area contributed by atoms with E-state index in [1.807, 2.05) is 17.0 Å². The van der Waals surface area contributed by atoms with Gasteiger partial charge in [-0.2, -0.15) is 0 Å². The number of carbonyl (C=O) groups excluding carboxylic acids is 3. The Morgan fingerprint density at radius 2 is 1.75 bits per heavy atom. The molecule has 1 aromatic carbocycles. The molecular formula is C23H29NO4. The van der Waals surface area contributed by atoms with Crippen LogP contribution in [0.5, 0.6) is 0 Å². The lowest BCUT2D eigenvalue weighted by atomic mass is 9.76. The van der Waals surface area contributed by atoms with Gasteiger partial charge in [-0.25, -0.2) is 0 Å². The van der Waals surface area contributed by atoms with E-state index in [0.29, 0.717) is 25.2 Å². The van der Waals surface area contributed by atoms with Crippen molar-refractivity contribution in [1.29, 1.82) is 0 Å². The van der Waals surface area contributed by atoms with E-state index in [9.17, 15) is 14.4 Å². The number of Topliss-reactive ketones (excluding diaryl/α,β-unsaturated/α-hetero) is 1. The Bertz CT molecular complexity index is 732. The Labute approximate surface area is 166 Å². The van der Waals surface area contributed by atoms with Crippen molar-refractivity contribution in [2.75, 3.05) is 11.4 Å². The SMILES string of the molecule is O=C1CC(=O)OC(CCc2ccc(N3CCCCC3=O)cc2)(C2CCCC2)C1. The molecule has 5 heteroatoms. The lowest BCUT2D eigenvalue weighted by Crippen LogP contribution is -2.48. The number of benzene rings is 1. The zero-order chi connectivity index (χ0) is 19.6. The molecule has 1 amide bonds. The number of esters is 1. The highest BCUT2D eigenvalue weighted by molar-refractivity contribution is 5.98. The summed E-state index contributed by atoms with van der Waals surface area (Å²) in [5, 5.41) is 0. The van der Waals surface area contributed by atoms with E-state index in [4.69, 9.17) is 4.74 Å². The number of carbonyl (C=O) groups is 3. The third-order valence-electron chi connectivity index (χ3n) is 6.66. The van der Waals surface area contributed by atoms with E-state index < -0.39 is 5.60 Å². The maximum atomic E-state index is 12.2. The van der Waals surface area contributed by atoms with Gasteiger partial charge in [0, 0.05) is 25.1 Å². The van der Waals surface area contributed by atoms with Crippen LogP contribution in [0.15, 0.2) is 24.3 Å². The number of nitrogens with zero attached hydrogens (tertiary/aromatic N) is 1. The number of hydrogen-bond acceptors (Lipinski definition) is 4. The van der Waals surface area contributed by atoms with Gasteiger partial charge in [0.15, 0.2) is 0 Å². The lowest BCUT2D eigenvalue weighted by molar-refractivity contribution is -0.178. The summed E-state index contributed by atoms with van der Waals surface area (Å²) in [6, 6.07) is 8.15. The van der Waals surface area contributed by atoms with Crippen LogP contribution in [0.25, 0.3) is 0 Å². The number of piperidine rings is 1. The molecule has 2 aliphatic heterocycles. The quantitative estimate of drug-likeness (QED) is 0.570. The molecule has 0 N–H and O–H groups in total. The van der Waals surface area contributed by atoms with E-state index in [-0.39, 0.29) is 24.1 Å². The zero-order valence-corrected chi connectivity index (χ0v) is 16.5. The van der Waals surface area contributed by atoms with Gasteiger partial charge in [-0.15, -0.1) is 0 Å². The van der Waals surface area contributed by atoms with Gasteiger partial charge in [0.05, 0.1) is 0 Å². The minimum atomic E-state index is -0.621. The molecule has 5 nitrogen and oxygen atoms in total. The Kier molecular flexibility index (Phi) is 5.51. The van der Waals surface area contributed by atoms with Crippen LogP contribution >= 0.6 is 0 Å². The number of hydrogen-bond donors (Lipinski definition) is 0. The van der Waals surface area contributed by atoms with Crippen molar-refractivity contribution in [3.63, 3.8) is 0 Å². The first-order chi connectivity index (χ1) is 13.6. The first kappa shape index (κ1) is 19.2. The van der Waals surface area contributed by atoms with Crippen LogP contribution in [0.4, 0.5) is 5.69 Å². The first-order valence-electron chi connectivity index (χ1n) is 10.7. The predicted octanol–water partition coefficient (Wildman–Crippen LogP) is 3.97. The third kappa shape index (κ3) is 3.98. The van der Waals surface area contributed by atoms with Crippen LogP contribution in [0, 0.1) is 5.92 Å². The van der Waals surface area contributed by atoms with Gasteiger partial charge >= 0.3 is 5.97 Å². The number of anilines is 1. The minimum Gasteiger partial charge on any atom is -0.458 e. The van der Waals surface area contributed by atoms with E-state index in [1.54, 1.807) is 0 Å². The average Bonchev–Trinajstić information content (AvgIpc) is 3.22.